The number of rotatable bonds is 6. The smallest absolute Gasteiger partial charge is 0.293 e. The molecule has 0 fully saturated rings. The van der Waals surface area contributed by atoms with Crippen molar-refractivity contribution in [2.24, 2.45) is 0 Å². The zero-order valence-electron chi connectivity index (χ0n) is 9.08. The van der Waals surface area contributed by atoms with Gasteiger partial charge in [0.25, 0.3) is 6.47 Å². The average molecular weight is 186 g/mol. The highest BCUT2D eigenvalue weighted by molar-refractivity contribution is 5.37. The molecule has 1 atom stereocenters. The van der Waals surface area contributed by atoms with Crippen LogP contribution in [0.4, 0.5) is 0 Å². The Morgan fingerprint density at radius 1 is 1.38 bits per heavy atom. The Morgan fingerprint density at radius 2 is 1.92 bits per heavy atom. The number of allylic oxidation sites excluding steroid dienone is 1. The summed E-state index contributed by atoms with van der Waals surface area (Å²) in [6, 6.07) is 0. The highest BCUT2D eigenvalue weighted by Gasteiger charge is 2.02. The van der Waals surface area contributed by atoms with E-state index in [1.165, 1.54) is 0 Å². The lowest BCUT2D eigenvalue weighted by molar-refractivity contribution is -0.133. The van der Waals surface area contributed by atoms with Gasteiger partial charge in [-0.15, -0.1) is 6.58 Å². The van der Waals surface area contributed by atoms with Crippen molar-refractivity contribution in [3.05, 3.63) is 12.7 Å². The predicted octanol–water partition coefficient (Wildman–Crippen LogP) is 3.32. The second-order valence-corrected chi connectivity index (χ2v) is 2.75. The average Bonchev–Trinajstić information content (AvgIpc) is 2.18. The number of carbonyl (C=O) groups is 1. The van der Waals surface area contributed by atoms with Gasteiger partial charge in [-0.1, -0.05) is 33.3 Å². The Balaban J connectivity index is 0. The molecule has 0 saturated carbocycles. The van der Waals surface area contributed by atoms with Crippen molar-refractivity contribution < 1.29 is 9.53 Å². The van der Waals surface area contributed by atoms with Gasteiger partial charge < -0.3 is 4.74 Å². The normalized spacial score (nSPS) is 10.7. The first-order chi connectivity index (χ1) is 6.26. The molecule has 0 aromatic carbocycles. The number of hydrogen-bond acceptors (Lipinski definition) is 2. The number of carbonyl (C=O) groups excluding carboxylic acids is 1. The second kappa shape index (κ2) is 13.8. The van der Waals surface area contributed by atoms with Crippen LogP contribution in [0.25, 0.3) is 0 Å². The van der Waals surface area contributed by atoms with Gasteiger partial charge in [-0.2, -0.15) is 0 Å². The third-order valence-corrected chi connectivity index (χ3v) is 1.60. The van der Waals surface area contributed by atoms with Gasteiger partial charge in [-0.05, 0) is 19.3 Å². The van der Waals surface area contributed by atoms with E-state index in [0.717, 1.165) is 25.7 Å². The third kappa shape index (κ3) is 14.1. The molecule has 2 nitrogen and oxygen atoms in total. The van der Waals surface area contributed by atoms with Gasteiger partial charge in [0.2, 0.25) is 0 Å². The Hall–Kier alpha value is -0.790. The summed E-state index contributed by atoms with van der Waals surface area (Å²) < 4.78 is 4.75. The van der Waals surface area contributed by atoms with E-state index in [2.05, 4.69) is 20.4 Å². The molecule has 1 unspecified atom stereocenters. The minimum Gasteiger partial charge on any atom is -0.465 e. The molecule has 0 radical (unpaired) electrons. The molecule has 13 heavy (non-hydrogen) atoms. The Morgan fingerprint density at radius 3 is 2.15 bits per heavy atom. The Bertz CT molecular complexity index is 111. The van der Waals surface area contributed by atoms with Crippen LogP contribution < -0.4 is 0 Å². The molecule has 0 aromatic heterocycles. The Kier molecular flexibility index (Phi) is 15.6. The second-order valence-electron chi connectivity index (χ2n) is 2.75. The van der Waals surface area contributed by atoms with Crippen LogP contribution in [0.15, 0.2) is 12.7 Å². The van der Waals surface area contributed by atoms with Crippen LogP contribution in [0.5, 0.6) is 0 Å². The van der Waals surface area contributed by atoms with Crippen LogP contribution in [-0.2, 0) is 9.53 Å². The molecule has 0 spiro atoms. The third-order valence-electron chi connectivity index (χ3n) is 1.60. The van der Waals surface area contributed by atoms with Gasteiger partial charge in [0.15, 0.2) is 0 Å². The molecule has 2 heteroatoms. The molecule has 0 bridgehead atoms. The molecule has 0 amide bonds. The van der Waals surface area contributed by atoms with Crippen molar-refractivity contribution >= 4 is 6.47 Å². The van der Waals surface area contributed by atoms with Crippen LogP contribution in [0.1, 0.15) is 46.5 Å². The topological polar surface area (TPSA) is 26.3 Å². The van der Waals surface area contributed by atoms with Crippen molar-refractivity contribution in [1.82, 2.24) is 0 Å². The monoisotopic (exact) mass is 186 g/mol. The fourth-order valence-corrected chi connectivity index (χ4v) is 0.769. The summed E-state index contributed by atoms with van der Waals surface area (Å²) in [5.74, 6) is 0. The molecular weight excluding hydrogens is 164 g/mol. The van der Waals surface area contributed by atoms with Crippen molar-refractivity contribution in [2.45, 2.75) is 52.6 Å². The van der Waals surface area contributed by atoms with Gasteiger partial charge in [-0.3, -0.25) is 4.79 Å². The van der Waals surface area contributed by atoms with E-state index in [0.29, 0.717) is 6.47 Å². The molecule has 0 N–H and O–H groups in total. The Labute approximate surface area is 82.0 Å². The standard InChI is InChI=1S/C7H14O2.C4H8/c1-3-5-7(4-2)9-6-8;1-3-4-2/h6-7H,3-5H2,1-2H3;3H,1,4H2,2H3. The quantitative estimate of drug-likeness (QED) is 0.470. The van der Waals surface area contributed by atoms with Crippen LogP contribution in [-0.4, -0.2) is 12.6 Å². The summed E-state index contributed by atoms with van der Waals surface area (Å²) >= 11 is 0. The van der Waals surface area contributed by atoms with Gasteiger partial charge >= 0.3 is 0 Å². The van der Waals surface area contributed by atoms with Gasteiger partial charge in [0, 0.05) is 0 Å². The van der Waals surface area contributed by atoms with E-state index in [-0.39, 0.29) is 6.10 Å². The van der Waals surface area contributed by atoms with Crippen LogP contribution in [0.2, 0.25) is 0 Å². The lowest BCUT2D eigenvalue weighted by atomic mass is 10.2. The van der Waals surface area contributed by atoms with E-state index in [1.807, 2.05) is 13.0 Å². The highest BCUT2D eigenvalue weighted by Crippen LogP contribution is 2.03. The molecular formula is C11H22O2. The minimum absolute atomic E-state index is 0.146. The largest absolute Gasteiger partial charge is 0.465 e. The molecule has 0 aliphatic heterocycles. The van der Waals surface area contributed by atoms with E-state index in [1.54, 1.807) is 0 Å². The fourth-order valence-electron chi connectivity index (χ4n) is 0.769. The fraction of sp³-hybridized carbons (Fsp3) is 0.727. The molecule has 0 aromatic rings. The maximum absolute atomic E-state index is 9.83. The highest BCUT2D eigenvalue weighted by atomic mass is 16.5. The maximum atomic E-state index is 9.83. The van der Waals surface area contributed by atoms with E-state index in [9.17, 15) is 4.79 Å². The first-order valence-corrected chi connectivity index (χ1v) is 4.96. The van der Waals surface area contributed by atoms with Crippen LogP contribution >= 0.6 is 0 Å². The number of hydrogen-bond donors (Lipinski definition) is 0. The minimum atomic E-state index is 0.146. The zero-order valence-corrected chi connectivity index (χ0v) is 9.08. The summed E-state index contributed by atoms with van der Waals surface area (Å²) in [5.41, 5.74) is 0. The maximum Gasteiger partial charge on any atom is 0.293 e. The molecule has 0 aliphatic rings. The summed E-state index contributed by atoms with van der Waals surface area (Å²) in [4.78, 5) is 9.83. The van der Waals surface area contributed by atoms with Gasteiger partial charge in [0.05, 0.1) is 0 Å². The molecule has 78 valence electrons. The summed E-state index contributed by atoms with van der Waals surface area (Å²) in [5, 5.41) is 0. The van der Waals surface area contributed by atoms with Crippen molar-refractivity contribution in [1.29, 1.82) is 0 Å². The van der Waals surface area contributed by atoms with Crippen molar-refractivity contribution in [3.63, 3.8) is 0 Å². The summed E-state index contributed by atoms with van der Waals surface area (Å²) in [6.45, 7) is 10.2. The van der Waals surface area contributed by atoms with Crippen molar-refractivity contribution in [2.75, 3.05) is 0 Å². The SMILES string of the molecule is C=CCC.CCCC(CC)OC=O. The van der Waals surface area contributed by atoms with E-state index >= 15 is 0 Å². The zero-order chi connectivity index (χ0) is 10.5. The van der Waals surface area contributed by atoms with E-state index in [4.69, 9.17) is 4.74 Å². The lowest BCUT2D eigenvalue weighted by Gasteiger charge is -2.09. The van der Waals surface area contributed by atoms with Crippen LogP contribution in [0, 0.1) is 0 Å². The van der Waals surface area contributed by atoms with E-state index < -0.39 is 0 Å². The number of ether oxygens (including phenoxy) is 1. The summed E-state index contributed by atoms with van der Waals surface area (Å²) in [6.07, 6.45) is 6.08. The first-order valence-electron chi connectivity index (χ1n) is 4.96. The molecule has 0 rings (SSSR count). The van der Waals surface area contributed by atoms with Crippen LogP contribution in [0.3, 0.4) is 0 Å². The van der Waals surface area contributed by atoms with Crippen molar-refractivity contribution in [3.8, 4) is 0 Å². The summed E-state index contributed by atoms with van der Waals surface area (Å²) in [7, 11) is 0. The lowest BCUT2D eigenvalue weighted by Crippen LogP contribution is -2.09. The predicted molar refractivity (Wildman–Crippen MR) is 56.6 cm³/mol. The molecule has 0 saturated heterocycles. The van der Waals surface area contributed by atoms with Gasteiger partial charge in [-0.25, -0.2) is 0 Å². The molecule has 0 heterocycles. The van der Waals surface area contributed by atoms with Gasteiger partial charge in [0.1, 0.15) is 6.10 Å². The first kappa shape index (κ1) is 14.7. The molecule has 0 aliphatic carbocycles.